The Morgan fingerprint density at radius 1 is 1.08 bits per heavy atom. The van der Waals surface area contributed by atoms with E-state index in [0.717, 1.165) is 5.56 Å². The molecule has 5 rings (SSSR count). The highest BCUT2D eigenvalue weighted by Crippen LogP contribution is 2.46. The van der Waals surface area contributed by atoms with E-state index >= 15 is 0 Å². The highest BCUT2D eigenvalue weighted by molar-refractivity contribution is 8.00. The highest BCUT2D eigenvalue weighted by atomic mass is 32.2. The molecule has 1 fully saturated rings. The number of carbonyl (C=O) groups excluding carboxylic acids is 3. The zero-order valence-corrected chi connectivity index (χ0v) is 26.9. The van der Waals surface area contributed by atoms with Gasteiger partial charge in [-0.2, -0.15) is 0 Å². The highest BCUT2D eigenvalue weighted by Gasteiger charge is 2.49. The molecule has 0 saturated carbocycles. The average molecular weight is 682 g/mol. The Morgan fingerprint density at radius 3 is 2.48 bits per heavy atom. The van der Waals surface area contributed by atoms with E-state index in [2.05, 4.69) is 5.32 Å². The van der Waals surface area contributed by atoms with E-state index in [1.54, 1.807) is 54.3 Å². The number of Topliss-reactive ketones (excluding diaryl/α,β-unsaturated/α-hetero) is 1. The summed E-state index contributed by atoms with van der Waals surface area (Å²) in [5.74, 6) is -1.45. The van der Waals surface area contributed by atoms with Gasteiger partial charge in [0.05, 0.1) is 18.7 Å². The Hall–Kier alpha value is -4.66. The molecule has 2 amide bonds. The first-order valence-electron chi connectivity index (χ1n) is 15.3. The maximum atomic E-state index is 13.7. The van der Waals surface area contributed by atoms with Crippen molar-refractivity contribution in [2.24, 2.45) is 11.7 Å². The molecular weight excluding hydrogens is 645 g/mol. The molecule has 2 aliphatic rings. The van der Waals surface area contributed by atoms with Crippen LogP contribution in [-0.2, 0) is 19.2 Å². The Labute approximate surface area is 280 Å². The summed E-state index contributed by atoms with van der Waals surface area (Å²) in [6, 6.07) is 16.1. The molecule has 48 heavy (non-hydrogen) atoms. The van der Waals surface area contributed by atoms with Crippen molar-refractivity contribution in [2.75, 3.05) is 30.6 Å². The Balaban J connectivity index is 1.19. The first-order valence-corrected chi connectivity index (χ1v) is 16.4. The maximum Gasteiger partial charge on any atom is 0.320 e. The number of aliphatic hydroxyl groups excluding tert-OH is 1. The second-order valence-corrected chi connectivity index (χ2v) is 12.6. The average Bonchev–Trinajstić information content (AvgIpc) is 3.56. The number of ketones is 1. The molecule has 0 aromatic heterocycles. The fraction of sp³-hybridized carbons (Fsp3) is 0.353. The molecule has 2 unspecified atom stereocenters. The number of hydrogen-bond donors (Lipinski definition) is 4. The Morgan fingerprint density at radius 2 is 1.79 bits per heavy atom. The number of rotatable bonds is 16. The van der Waals surface area contributed by atoms with Gasteiger partial charge in [0.25, 0.3) is 5.91 Å². The van der Waals surface area contributed by atoms with Gasteiger partial charge in [0.15, 0.2) is 23.9 Å². The van der Waals surface area contributed by atoms with Crippen LogP contribution in [0.15, 0.2) is 66.7 Å². The summed E-state index contributed by atoms with van der Waals surface area (Å²) in [5.41, 5.74) is 7.57. The predicted molar refractivity (Wildman–Crippen MR) is 174 cm³/mol. The molecule has 2 aliphatic heterocycles. The molecule has 0 radical (unpaired) electrons. The lowest BCUT2D eigenvalue weighted by molar-refractivity contribution is -0.140. The number of thioether (sulfide) groups is 1. The number of nitrogens with one attached hydrogen (secondary N) is 1. The molecule has 1 saturated heterocycles. The molecule has 3 aromatic carbocycles. The number of carboxylic acids is 1. The second-order valence-electron chi connectivity index (χ2n) is 11.4. The molecule has 3 aromatic rings. The third-order valence-electron chi connectivity index (χ3n) is 8.25. The zero-order chi connectivity index (χ0) is 34.4. The molecule has 0 bridgehead atoms. The summed E-state index contributed by atoms with van der Waals surface area (Å²) < 4.78 is 30.0. The largest absolute Gasteiger partial charge is 0.484 e. The van der Waals surface area contributed by atoms with Gasteiger partial charge in [0, 0.05) is 17.9 Å². The van der Waals surface area contributed by atoms with Crippen molar-refractivity contribution in [1.29, 1.82) is 0 Å². The van der Waals surface area contributed by atoms with Crippen LogP contribution >= 0.6 is 11.8 Å². The number of nitrogens with two attached hydrogens (primary N) is 1. The van der Waals surface area contributed by atoms with Gasteiger partial charge in [-0.3, -0.25) is 19.2 Å². The number of halogens is 1. The smallest absolute Gasteiger partial charge is 0.320 e. The number of ether oxygens (including phenoxy) is 3. The fourth-order valence-electron chi connectivity index (χ4n) is 5.50. The van der Waals surface area contributed by atoms with Gasteiger partial charge in [0.2, 0.25) is 12.7 Å². The van der Waals surface area contributed by atoms with E-state index in [9.17, 15) is 28.7 Å². The molecule has 5 atom stereocenters. The lowest BCUT2D eigenvalue weighted by Gasteiger charge is -2.47. The van der Waals surface area contributed by atoms with E-state index in [1.807, 2.05) is 0 Å². The Bertz CT molecular complexity index is 1640. The standard InChI is InChI=1S/C34H36FN3O9S/c1-2-19(30(36)34(43)44)13-24(39)15-37-29(41)16-45-25-10-3-20(4-11-25)31-32(33(42)38(31)23-8-6-22(35)7-9-23)48-17-26(40)21-5-12-27-28(14-21)47-18-46-27/h3-12,14,19,26,30-32,40H,2,13,15-18,36H2,1H3,(H,37,41)(H,43,44)/t19?,26?,30-,31-,32-/m1/s1. The summed E-state index contributed by atoms with van der Waals surface area (Å²) in [6.07, 6.45) is -0.529. The van der Waals surface area contributed by atoms with Gasteiger partial charge in [-0.25, -0.2) is 4.39 Å². The van der Waals surface area contributed by atoms with Gasteiger partial charge in [0.1, 0.15) is 22.9 Å². The molecule has 14 heteroatoms. The van der Waals surface area contributed by atoms with Crippen molar-refractivity contribution in [3.8, 4) is 17.2 Å². The van der Waals surface area contributed by atoms with Crippen LogP contribution in [0.25, 0.3) is 0 Å². The predicted octanol–water partition coefficient (Wildman–Crippen LogP) is 3.37. The lowest BCUT2D eigenvalue weighted by Crippen LogP contribution is -2.57. The zero-order valence-electron chi connectivity index (χ0n) is 26.0. The first kappa shape index (κ1) is 34.7. The minimum atomic E-state index is -1.18. The molecule has 12 nitrogen and oxygen atoms in total. The topological polar surface area (TPSA) is 178 Å². The monoisotopic (exact) mass is 681 g/mol. The summed E-state index contributed by atoms with van der Waals surface area (Å²) in [6.45, 7) is 1.22. The summed E-state index contributed by atoms with van der Waals surface area (Å²) >= 11 is 1.31. The molecule has 0 spiro atoms. The van der Waals surface area contributed by atoms with E-state index in [-0.39, 0.29) is 43.8 Å². The third kappa shape index (κ3) is 8.06. The van der Waals surface area contributed by atoms with E-state index in [1.165, 1.54) is 36.0 Å². The van der Waals surface area contributed by atoms with Crippen LogP contribution in [0.2, 0.25) is 0 Å². The second kappa shape index (κ2) is 15.5. The van der Waals surface area contributed by atoms with Crippen molar-refractivity contribution in [3.63, 3.8) is 0 Å². The quantitative estimate of drug-likeness (QED) is 0.163. The van der Waals surface area contributed by atoms with E-state index in [0.29, 0.717) is 34.9 Å². The molecule has 254 valence electrons. The number of aliphatic hydroxyl groups is 1. The minimum Gasteiger partial charge on any atom is -0.484 e. The van der Waals surface area contributed by atoms with Crippen molar-refractivity contribution < 1.29 is 48.0 Å². The fourth-order valence-corrected chi connectivity index (χ4v) is 6.80. The number of nitrogens with zero attached hydrogens (tertiary/aromatic N) is 1. The molecule has 0 aliphatic carbocycles. The Kier molecular flexibility index (Phi) is 11.2. The number of carbonyl (C=O) groups is 4. The van der Waals surface area contributed by atoms with Crippen molar-refractivity contribution >= 4 is 41.0 Å². The summed E-state index contributed by atoms with van der Waals surface area (Å²) in [7, 11) is 0. The number of β-lactam (4-membered cyclic amide) rings is 1. The van der Waals surface area contributed by atoms with Gasteiger partial charge in [-0.05, 0) is 65.6 Å². The molecule has 2 heterocycles. The number of carboxylic acid groups (broad SMARTS) is 1. The lowest BCUT2D eigenvalue weighted by atomic mass is 9.92. The van der Waals surface area contributed by atoms with Crippen LogP contribution in [0.4, 0.5) is 10.1 Å². The van der Waals surface area contributed by atoms with Crippen LogP contribution in [0.3, 0.4) is 0 Å². The summed E-state index contributed by atoms with van der Waals surface area (Å²) in [4.78, 5) is 50.7. The number of hydrogen-bond acceptors (Lipinski definition) is 10. The van der Waals surface area contributed by atoms with Crippen molar-refractivity contribution in [2.45, 2.75) is 43.2 Å². The van der Waals surface area contributed by atoms with Crippen LogP contribution in [-0.4, -0.2) is 70.8 Å². The first-order chi connectivity index (χ1) is 23.0. The number of aliphatic carboxylic acids is 1. The van der Waals surface area contributed by atoms with Crippen LogP contribution in [0.5, 0.6) is 17.2 Å². The summed E-state index contributed by atoms with van der Waals surface area (Å²) in [5, 5.41) is 21.9. The van der Waals surface area contributed by atoms with E-state index in [4.69, 9.17) is 25.1 Å². The van der Waals surface area contributed by atoms with Gasteiger partial charge in [-0.1, -0.05) is 31.5 Å². The number of fused-ring (bicyclic) bond motifs is 1. The van der Waals surface area contributed by atoms with Gasteiger partial charge >= 0.3 is 5.97 Å². The van der Waals surface area contributed by atoms with Crippen molar-refractivity contribution in [3.05, 3.63) is 83.7 Å². The number of amides is 2. The van der Waals surface area contributed by atoms with Crippen LogP contribution < -0.4 is 30.2 Å². The molecular formula is C34H36FN3O9S. The SMILES string of the molecule is CCC(CC(=O)CNC(=O)COc1ccc([C@@H]2[C@@H](SCC(O)c3ccc4c(c3)OCO4)C(=O)N2c2ccc(F)cc2)cc1)[C@@H](N)C(=O)O. The third-order valence-corrected chi connectivity index (χ3v) is 9.57. The van der Waals surface area contributed by atoms with Crippen LogP contribution in [0.1, 0.15) is 43.0 Å². The number of benzene rings is 3. The number of anilines is 1. The van der Waals surface area contributed by atoms with E-state index < -0.39 is 47.0 Å². The van der Waals surface area contributed by atoms with Gasteiger partial charge < -0.3 is 40.4 Å². The minimum absolute atomic E-state index is 0.0676. The maximum absolute atomic E-state index is 13.7. The van der Waals surface area contributed by atoms with Crippen molar-refractivity contribution in [1.82, 2.24) is 5.32 Å². The van der Waals surface area contributed by atoms with Crippen LogP contribution in [0, 0.1) is 11.7 Å². The normalized spacial score (nSPS) is 18.4. The van der Waals surface area contributed by atoms with Gasteiger partial charge in [-0.15, -0.1) is 11.8 Å². The molecule has 5 N–H and O–H groups in total.